The quantitative estimate of drug-likeness (QED) is 0.511. The van der Waals surface area contributed by atoms with Crippen LogP contribution < -0.4 is 24.8 Å². The minimum absolute atomic E-state index is 0. The summed E-state index contributed by atoms with van der Waals surface area (Å²) in [4.78, 5) is 0. The molecule has 0 bridgehead atoms. The summed E-state index contributed by atoms with van der Waals surface area (Å²) in [5.74, 6) is 0. The van der Waals surface area contributed by atoms with Crippen LogP contribution in [0.25, 0.3) is 0 Å². The maximum absolute atomic E-state index is 2.23. The van der Waals surface area contributed by atoms with Crippen LogP contribution in [0.5, 0.6) is 0 Å². The molecule has 1 aromatic carbocycles. The van der Waals surface area contributed by atoms with E-state index in [1.807, 2.05) is 0 Å². The molecule has 0 radical (unpaired) electrons. The van der Waals surface area contributed by atoms with Crippen molar-refractivity contribution in [3.63, 3.8) is 0 Å². The molecule has 1 aromatic rings. The zero-order valence-corrected chi connectivity index (χ0v) is 11.2. The molecule has 0 atom stereocenters. The molecule has 0 N–H and O–H groups in total. The zero-order valence-electron chi connectivity index (χ0n) is 7.19. The van der Waals surface area contributed by atoms with Crippen LogP contribution in [0.4, 0.5) is 0 Å². The van der Waals surface area contributed by atoms with E-state index in [1.165, 1.54) is 24.8 Å². The van der Waals surface area contributed by atoms with Crippen molar-refractivity contribution < 1.29 is 51.0 Å². The standard InChI is InChI=1S/C9H13.2ClH.Zr/c1-2-3-6-9-7-4-5-8-9;;;/h4-5,7-8H,2-3,6H2,1H3;2*1H;/q-1;;;+4/p-2. The number of hydrogen-bond acceptors (Lipinski definition) is 0. The van der Waals surface area contributed by atoms with Crippen LogP contribution in [0.2, 0.25) is 0 Å². The predicted molar refractivity (Wildman–Crippen MR) is 40.6 cm³/mol. The maximum atomic E-state index is 2.23. The molecule has 1 rings (SSSR count). The summed E-state index contributed by atoms with van der Waals surface area (Å²) in [6.07, 6.45) is 3.87. The van der Waals surface area contributed by atoms with Crippen molar-refractivity contribution in [3.8, 4) is 0 Å². The third-order valence-electron chi connectivity index (χ3n) is 1.55. The molecule has 0 fully saturated rings. The Bertz CT molecular complexity index is 150. The van der Waals surface area contributed by atoms with Crippen molar-refractivity contribution in [3.05, 3.63) is 29.8 Å². The Hall–Kier alpha value is 0.813. The molecule has 0 heterocycles. The first-order valence-corrected chi connectivity index (χ1v) is 3.64. The summed E-state index contributed by atoms with van der Waals surface area (Å²) in [5, 5.41) is 0. The van der Waals surface area contributed by atoms with Crippen molar-refractivity contribution in [2.24, 2.45) is 0 Å². The summed E-state index contributed by atoms with van der Waals surface area (Å²) >= 11 is 0. The molecule has 0 amide bonds. The second kappa shape index (κ2) is 11.8. The van der Waals surface area contributed by atoms with Gasteiger partial charge in [-0.1, -0.05) is 26.2 Å². The Kier molecular flexibility index (Phi) is 18.3. The third-order valence-corrected chi connectivity index (χ3v) is 1.55. The van der Waals surface area contributed by atoms with E-state index in [0.717, 1.165) is 0 Å². The Morgan fingerprint density at radius 1 is 1.33 bits per heavy atom. The van der Waals surface area contributed by atoms with Gasteiger partial charge in [-0.15, -0.1) is 0 Å². The Labute approximate surface area is 106 Å². The Balaban J connectivity index is -0.000000270. The van der Waals surface area contributed by atoms with Gasteiger partial charge in [0.15, 0.2) is 0 Å². The van der Waals surface area contributed by atoms with Gasteiger partial charge in [0, 0.05) is 0 Å². The number of unbranched alkanes of at least 4 members (excludes halogenated alkanes) is 1. The van der Waals surface area contributed by atoms with E-state index in [2.05, 4.69) is 31.2 Å². The van der Waals surface area contributed by atoms with Crippen molar-refractivity contribution in [2.45, 2.75) is 26.2 Å². The van der Waals surface area contributed by atoms with E-state index in [0.29, 0.717) is 0 Å². The normalized spacial score (nSPS) is 7.42. The largest absolute Gasteiger partial charge is 4.00 e. The van der Waals surface area contributed by atoms with Crippen LogP contribution in [-0.4, -0.2) is 0 Å². The van der Waals surface area contributed by atoms with Crippen LogP contribution in [0.1, 0.15) is 25.3 Å². The SMILES string of the molecule is CCCCc1cc[cH-]c1.[Cl-].[Cl-].[Zr+4]. The van der Waals surface area contributed by atoms with Crippen LogP contribution in [0.3, 0.4) is 0 Å². The van der Waals surface area contributed by atoms with Crippen LogP contribution in [0, 0.1) is 0 Å². The number of rotatable bonds is 3. The van der Waals surface area contributed by atoms with Crippen molar-refractivity contribution >= 4 is 0 Å². The summed E-state index contributed by atoms with van der Waals surface area (Å²) in [6, 6.07) is 8.58. The third kappa shape index (κ3) is 7.46. The van der Waals surface area contributed by atoms with Gasteiger partial charge in [-0.2, -0.15) is 23.8 Å². The van der Waals surface area contributed by atoms with Gasteiger partial charge in [0.25, 0.3) is 0 Å². The molecule has 0 spiro atoms. The fourth-order valence-electron chi connectivity index (χ4n) is 0.961. The Morgan fingerprint density at radius 2 is 2.00 bits per heavy atom. The molecule has 12 heavy (non-hydrogen) atoms. The Morgan fingerprint density at radius 3 is 2.42 bits per heavy atom. The molecular formula is C9H13Cl2Zr+. The molecule has 0 aliphatic carbocycles. The fraction of sp³-hybridized carbons (Fsp3) is 0.444. The van der Waals surface area contributed by atoms with Gasteiger partial charge in [-0.05, 0) is 0 Å². The van der Waals surface area contributed by atoms with Gasteiger partial charge < -0.3 is 24.8 Å². The molecule has 0 saturated carbocycles. The van der Waals surface area contributed by atoms with Gasteiger partial charge in [0.2, 0.25) is 0 Å². The molecule has 0 saturated heterocycles. The second-order valence-electron chi connectivity index (χ2n) is 2.40. The summed E-state index contributed by atoms with van der Waals surface area (Å²) in [6.45, 7) is 2.23. The van der Waals surface area contributed by atoms with Crippen molar-refractivity contribution in [1.29, 1.82) is 0 Å². The minimum atomic E-state index is 0. The molecular weight excluding hydrogens is 270 g/mol. The van der Waals surface area contributed by atoms with E-state index < -0.39 is 0 Å². The second-order valence-corrected chi connectivity index (χ2v) is 2.40. The number of aryl methyl sites for hydroxylation is 1. The summed E-state index contributed by atoms with van der Waals surface area (Å²) in [5.41, 5.74) is 1.48. The summed E-state index contributed by atoms with van der Waals surface area (Å²) < 4.78 is 0. The summed E-state index contributed by atoms with van der Waals surface area (Å²) in [7, 11) is 0. The van der Waals surface area contributed by atoms with E-state index >= 15 is 0 Å². The van der Waals surface area contributed by atoms with Gasteiger partial charge in [-0.25, -0.2) is 6.07 Å². The van der Waals surface area contributed by atoms with Gasteiger partial charge in [0.1, 0.15) is 0 Å². The molecule has 0 nitrogen and oxygen atoms in total. The first kappa shape index (κ1) is 18.6. The monoisotopic (exact) mass is 281 g/mol. The van der Waals surface area contributed by atoms with Gasteiger partial charge >= 0.3 is 26.2 Å². The van der Waals surface area contributed by atoms with Crippen LogP contribution >= 0.6 is 0 Å². The fourth-order valence-corrected chi connectivity index (χ4v) is 0.961. The van der Waals surface area contributed by atoms with Gasteiger partial charge in [-0.3, -0.25) is 0 Å². The first-order chi connectivity index (χ1) is 4.43. The molecule has 3 heteroatoms. The van der Waals surface area contributed by atoms with E-state index in [-0.39, 0.29) is 51.0 Å². The number of hydrogen-bond donors (Lipinski definition) is 0. The number of halogens is 2. The molecule has 0 aliphatic heterocycles. The topological polar surface area (TPSA) is 0 Å². The predicted octanol–water partition coefficient (Wildman–Crippen LogP) is -3.25. The van der Waals surface area contributed by atoms with E-state index in [1.54, 1.807) is 0 Å². The first-order valence-electron chi connectivity index (χ1n) is 3.64. The molecule has 0 unspecified atom stereocenters. The average Bonchev–Trinajstić information content (AvgIpc) is 2.34. The van der Waals surface area contributed by atoms with E-state index in [4.69, 9.17) is 0 Å². The van der Waals surface area contributed by atoms with Crippen molar-refractivity contribution in [1.82, 2.24) is 0 Å². The van der Waals surface area contributed by atoms with Crippen LogP contribution in [0.15, 0.2) is 24.3 Å². The molecule has 66 valence electrons. The molecule has 0 aromatic heterocycles. The average molecular weight is 283 g/mol. The smallest absolute Gasteiger partial charge is 1.00 e. The van der Waals surface area contributed by atoms with Crippen LogP contribution in [-0.2, 0) is 32.6 Å². The minimum Gasteiger partial charge on any atom is -1.00 e. The zero-order chi connectivity index (χ0) is 6.53. The molecule has 0 aliphatic rings. The van der Waals surface area contributed by atoms with E-state index in [9.17, 15) is 0 Å². The maximum Gasteiger partial charge on any atom is 4.00 e. The van der Waals surface area contributed by atoms with Crippen molar-refractivity contribution in [2.75, 3.05) is 0 Å². The van der Waals surface area contributed by atoms with Gasteiger partial charge in [0.05, 0.1) is 0 Å².